The van der Waals surface area contributed by atoms with E-state index in [2.05, 4.69) is 35.6 Å². The van der Waals surface area contributed by atoms with E-state index in [9.17, 15) is 0 Å². The molecule has 1 aliphatic rings. The zero-order chi connectivity index (χ0) is 13.0. The Hall–Kier alpha value is -1.32. The number of hydrogen-bond donors (Lipinski definition) is 0. The van der Waals surface area contributed by atoms with Crippen molar-refractivity contribution in [2.75, 3.05) is 46.9 Å². The molecule has 98 valence electrons. The van der Waals surface area contributed by atoms with E-state index in [1.54, 1.807) is 7.11 Å². The van der Waals surface area contributed by atoms with E-state index < -0.39 is 0 Å². The molecule has 1 aromatic carbocycles. The minimum absolute atomic E-state index is 0.895. The lowest BCUT2D eigenvalue weighted by molar-refractivity contribution is 0.168. The minimum atomic E-state index is 0.895. The zero-order valence-corrected chi connectivity index (χ0v) is 11.4. The third kappa shape index (κ3) is 3.34. The van der Waals surface area contributed by atoms with Gasteiger partial charge in [0, 0.05) is 32.7 Å². The van der Waals surface area contributed by atoms with Crippen LogP contribution < -0.4 is 4.74 Å². The number of nitrogens with zero attached hydrogens (tertiary/aromatic N) is 2. The molecule has 0 amide bonds. The first-order chi connectivity index (χ1) is 8.69. The van der Waals surface area contributed by atoms with Crippen molar-refractivity contribution in [3.63, 3.8) is 0 Å². The van der Waals surface area contributed by atoms with Gasteiger partial charge in [-0.1, -0.05) is 18.7 Å². The molecule has 0 saturated carbocycles. The summed E-state index contributed by atoms with van der Waals surface area (Å²) in [6.45, 7) is 9.71. The molecule has 3 nitrogen and oxygen atoms in total. The third-order valence-electron chi connectivity index (χ3n) is 3.51. The van der Waals surface area contributed by atoms with Gasteiger partial charge in [-0.15, -0.1) is 0 Å². The standard InChI is InChI=1S/C15H22N2O/c1-13(12-17-10-8-16(2)9-11-17)14-4-6-15(18-3)7-5-14/h4-7H,1,8-12H2,2-3H3. The van der Waals surface area contributed by atoms with E-state index in [-0.39, 0.29) is 0 Å². The summed E-state index contributed by atoms with van der Waals surface area (Å²) in [5.41, 5.74) is 2.39. The predicted octanol–water partition coefficient (Wildman–Crippen LogP) is 1.96. The molecule has 0 radical (unpaired) electrons. The highest BCUT2D eigenvalue weighted by molar-refractivity contribution is 5.65. The van der Waals surface area contributed by atoms with Crippen LogP contribution in [0.4, 0.5) is 0 Å². The fourth-order valence-corrected chi connectivity index (χ4v) is 2.19. The van der Waals surface area contributed by atoms with Gasteiger partial charge in [-0.25, -0.2) is 0 Å². The molecule has 0 unspecified atom stereocenters. The van der Waals surface area contributed by atoms with Crippen LogP contribution in [0.5, 0.6) is 5.75 Å². The molecular formula is C15H22N2O. The molecule has 1 saturated heterocycles. The summed E-state index contributed by atoms with van der Waals surface area (Å²) in [5, 5.41) is 0. The second kappa shape index (κ2) is 6.03. The van der Waals surface area contributed by atoms with E-state index in [0.717, 1.165) is 38.5 Å². The van der Waals surface area contributed by atoms with Gasteiger partial charge in [0.05, 0.1) is 7.11 Å². The Kier molecular flexibility index (Phi) is 4.39. The largest absolute Gasteiger partial charge is 0.497 e. The van der Waals surface area contributed by atoms with Crippen molar-refractivity contribution in [2.24, 2.45) is 0 Å². The van der Waals surface area contributed by atoms with Crippen LogP contribution in [-0.4, -0.2) is 56.7 Å². The van der Waals surface area contributed by atoms with E-state index in [1.807, 2.05) is 12.1 Å². The molecule has 3 heteroatoms. The van der Waals surface area contributed by atoms with Crippen LogP contribution in [0.3, 0.4) is 0 Å². The fraction of sp³-hybridized carbons (Fsp3) is 0.467. The van der Waals surface area contributed by atoms with Crippen LogP contribution in [0, 0.1) is 0 Å². The van der Waals surface area contributed by atoms with Crippen molar-refractivity contribution < 1.29 is 4.74 Å². The zero-order valence-electron chi connectivity index (χ0n) is 11.4. The van der Waals surface area contributed by atoms with Gasteiger partial charge >= 0.3 is 0 Å². The first kappa shape index (κ1) is 13.1. The molecule has 0 aliphatic carbocycles. The molecule has 1 heterocycles. The summed E-state index contributed by atoms with van der Waals surface area (Å²) in [7, 11) is 3.86. The Bertz CT molecular complexity index is 391. The molecule has 1 aliphatic heterocycles. The highest BCUT2D eigenvalue weighted by atomic mass is 16.5. The van der Waals surface area contributed by atoms with Crippen molar-refractivity contribution in [3.05, 3.63) is 36.4 Å². The number of hydrogen-bond acceptors (Lipinski definition) is 3. The SMILES string of the molecule is C=C(CN1CCN(C)CC1)c1ccc(OC)cc1. The van der Waals surface area contributed by atoms with Crippen molar-refractivity contribution in [1.82, 2.24) is 9.80 Å². The van der Waals surface area contributed by atoms with Crippen molar-refractivity contribution in [1.29, 1.82) is 0 Å². The monoisotopic (exact) mass is 246 g/mol. The fourth-order valence-electron chi connectivity index (χ4n) is 2.19. The first-order valence-corrected chi connectivity index (χ1v) is 6.42. The predicted molar refractivity (Wildman–Crippen MR) is 76.0 cm³/mol. The summed E-state index contributed by atoms with van der Waals surface area (Å²) in [4.78, 5) is 4.83. The van der Waals surface area contributed by atoms with Crippen LogP contribution in [-0.2, 0) is 0 Å². The lowest BCUT2D eigenvalue weighted by Crippen LogP contribution is -2.44. The summed E-state index contributed by atoms with van der Waals surface area (Å²) >= 11 is 0. The van der Waals surface area contributed by atoms with Gasteiger partial charge in [0.15, 0.2) is 0 Å². The average molecular weight is 246 g/mol. The van der Waals surface area contributed by atoms with Crippen LogP contribution in [0.2, 0.25) is 0 Å². The van der Waals surface area contributed by atoms with Crippen LogP contribution in [0.25, 0.3) is 5.57 Å². The highest BCUT2D eigenvalue weighted by Gasteiger charge is 2.14. The van der Waals surface area contributed by atoms with Crippen LogP contribution >= 0.6 is 0 Å². The summed E-state index contributed by atoms with van der Waals surface area (Å²) in [5.74, 6) is 0.895. The second-order valence-electron chi connectivity index (χ2n) is 4.91. The maximum absolute atomic E-state index is 5.17. The molecular weight excluding hydrogens is 224 g/mol. The number of ether oxygens (including phenoxy) is 1. The average Bonchev–Trinajstić information content (AvgIpc) is 2.41. The summed E-state index contributed by atoms with van der Waals surface area (Å²) in [6.07, 6.45) is 0. The Balaban J connectivity index is 1.90. The van der Waals surface area contributed by atoms with E-state index >= 15 is 0 Å². The van der Waals surface area contributed by atoms with Gasteiger partial charge in [-0.2, -0.15) is 0 Å². The van der Waals surface area contributed by atoms with Crippen molar-refractivity contribution >= 4 is 5.57 Å². The lowest BCUT2D eigenvalue weighted by atomic mass is 10.1. The van der Waals surface area contributed by atoms with Crippen molar-refractivity contribution in [3.8, 4) is 5.75 Å². The maximum Gasteiger partial charge on any atom is 0.118 e. The topological polar surface area (TPSA) is 15.7 Å². The number of piperazine rings is 1. The molecule has 1 aromatic rings. The molecule has 0 bridgehead atoms. The molecule has 18 heavy (non-hydrogen) atoms. The third-order valence-corrected chi connectivity index (χ3v) is 3.51. The van der Waals surface area contributed by atoms with Crippen molar-refractivity contribution in [2.45, 2.75) is 0 Å². The molecule has 0 atom stereocenters. The van der Waals surface area contributed by atoms with Gasteiger partial charge in [0.25, 0.3) is 0 Å². The highest BCUT2D eigenvalue weighted by Crippen LogP contribution is 2.18. The first-order valence-electron chi connectivity index (χ1n) is 6.42. The van der Waals surface area contributed by atoms with Gasteiger partial charge in [-0.3, -0.25) is 4.90 Å². The van der Waals surface area contributed by atoms with E-state index in [1.165, 1.54) is 11.1 Å². The molecule has 1 fully saturated rings. The Morgan fingerprint density at radius 3 is 2.33 bits per heavy atom. The molecule has 0 spiro atoms. The van der Waals surface area contributed by atoms with E-state index in [4.69, 9.17) is 4.74 Å². The Morgan fingerprint density at radius 2 is 1.78 bits per heavy atom. The van der Waals surface area contributed by atoms with Gasteiger partial charge in [0.2, 0.25) is 0 Å². The number of benzene rings is 1. The number of likely N-dealkylation sites (N-methyl/N-ethyl adjacent to an activating group) is 1. The molecule has 2 rings (SSSR count). The quantitative estimate of drug-likeness (QED) is 0.807. The van der Waals surface area contributed by atoms with E-state index in [0.29, 0.717) is 0 Å². The Morgan fingerprint density at radius 1 is 1.17 bits per heavy atom. The minimum Gasteiger partial charge on any atom is -0.497 e. The number of methoxy groups -OCH3 is 1. The Labute approximate surface area is 110 Å². The van der Waals surface area contributed by atoms with Gasteiger partial charge in [-0.05, 0) is 30.3 Å². The smallest absolute Gasteiger partial charge is 0.118 e. The van der Waals surface area contributed by atoms with Gasteiger partial charge < -0.3 is 9.64 Å². The second-order valence-corrected chi connectivity index (χ2v) is 4.91. The summed E-state index contributed by atoms with van der Waals surface area (Å²) in [6, 6.07) is 8.14. The number of rotatable bonds is 4. The summed E-state index contributed by atoms with van der Waals surface area (Å²) < 4.78 is 5.17. The van der Waals surface area contributed by atoms with Crippen LogP contribution in [0.1, 0.15) is 5.56 Å². The maximum atomic E-state index is 5.17. The van der Waals surface area contributed by atoms with Gasteiger partial charge in [0.1, 0.15) is 5.75 Å². The molecule has 0 N–H and O–H groups in total. The van der Waals surface area contributed by atoms with Crippen LogP contribution in [0.15, 0.2) is 30.8 Å². The normalized spacial score (nSPS) is 17.7. The lowest BCUT2D eigenvalue weighted by Gasteiger charge is -2.32. The molecule has 0 aromatic heterocycles.